The maximum absolute atomic E-state index is 12.6. The zero-order chi connectivity index (χ0) is 28.1. The van der Waals surface area contributed by atoms with E-state index >= 15 is 0 Å². The van der Waals surface area contributed by atoms with Crippen LogP contribution in [0, 0.1) is 6.57 Å². The summed E-state index contributed by atoms with van der Waals surface area (Å²) in [6, 6.07) is 13.7. The van der Waals surface area contributed by atoms with Gasteiger partial charge in [0.25, 0.3) is 0 Å². The smallest absolute Gasteiger partial charge is 0.229 e. The molecule has 5 rings (SSSR count). The first-order valence-corrected chi connectivity index (χ1v) is 13.3. The Bertz CT molecular complexity index is 1580. The van der Waals surface area contributed by atoms with E-state index in [1.54, 1.807) is 24.4 Å². The Hall–Kier alpha value is -4.59. The first-order chi connectivity index (χ1) is 19.4. The number of aromatic amines is 1. The average molecular weight is 536 g/mol. The van der Waals surface area contributed by atoms with E-state index in [-0.39, 0.29) is 12.2 Å². The fraction of sp³-hybridized carbons (Fsp3) is 0.300. The molecule has 2 N–H and O–H groups in total. The number of carbonyl (C=O) groups excluding carboxylic acids is 1. The molecule has 2 aromatic heterocycles. The molecule has 40 heavy (non-hydrogen) atoms. The Kier molecular flexibility index (Phi) is 8.15. The minimum absolute atomic E-state index is 0.0198. The number of hydrogen-bond acceptors (Lipinski definition) is 8. The van der Waals surface area contributed by atoms with Gasteiger partial charge in [-0.25, -0.2) is 9.83 Å². The van der Waals surface area contributed by atoms with Gasteiger partial charge in [-0.15, -0.1) is 0 Å². The van der Waals surface area contributed by atoms with Crippen molar-refractivity contribution in [3.05, 3.63) is 77.8 Å². The van der Waals surface area contributed by atoms with Gasteiger partial charge in [0.15, 0.2) is 17.1 Å². The number of nitrogens with one attached hydrogen (secondary N) is 2. The number of aromatic nitrogens is 4. The lowest BCUT2D eigenvalue weighted by Crippen LogP contribution is -2.44. The van der Waals surface area contributed by atoms with Crippen molar-refractivity contribution >= 4 is 39.8 Å². The van der Waals surface area contributed by atoms with E-state index in [1.165, 1.54) is 0 Å². The number of H-pyrrole nitrogens is 1. The number of rotatable bonds is 9. The van der Waals surface area contributed by atoms with Crippen LogP contribution in [0.15, 0.2) is 60.8 Å². The van der Waals surface area contributed by atoms with Crippen molar-refractivity contribution in [3.63, 3.8) is 0 Å². The van der Waals surface area contributed by atoms with Crippen LogP contribution in [0.4, 0.5) is 23.0 Å². The van der Waals surface area contributed by atoms with Crippen LogP contribution in [0.5, 0.6) is 0 Å². The van der Waals surface area contributed by atoms with Gasteiger partial charge in [-0.1, -0.05) is 29.8 Å². The number of piperazine rings is 1. The molecule has 204 valence electrons. The number of likely N-dealkylation sites (N-methyl/N-ethyl adjacent to an activating group) is 2. The van der Waals surface area contributed by atoms with E-state index < -0.39 is 0 Å². The third-order valence-electron chi connectivity index (χ3n) is 6.81. The lowest BCUT2D eigenvalue weighted by molar-refractivity contribution is -0.114. The van der Waals surface area contributed by atoms with Crippen LogP contribution in [-0.2, 0) is 11.2 Å². The van der Waals surface area contributed by atoms with Crippen LogP contribution in [-0.4, -0.2) is 89.6 Å². The van der Waals surface area contributed by atoms with Crippen molar-refractivity contribution in [2.45, 2.75) is 6.42 Å². The lowest BCUT2D eigenvalue weighted by Gasteiger charge is -2.34. The highest BCUT2D eigenvalue weighted by atomic mass is 16.1. The number of fused-ring (bicyclic) bond motifs is 1. The van der Waals surface area contributed by atoms with Crippen LogP contribution in [0.25, 0.3) is 27.1 Å². The van der Waals surface area contributed by atoms with Gasteiger partial charge >= 0.3 is 0 Å². The van der Waals surface area contributed by atoms with Gasteiger partial charge in [-0.2, -0.15) is 10.1 Å². The van der Waals surface area contributed by atoms with Gasteiger partial charge in [-0.05, 0) is 57.0 Å². The molecule has 0 atom stereocenters. The summed E-state index contributed by atoms with van der Waals surface area (Å²) in [5.41, 5.74) is 5.19. The van der Waals surface area contributed by atoms with E-state index in [0.29, 0.717) is 29.5 Å². The van der Waals surface area contributed by atoms with E-state index in [0.717, 1.165) is 54.1 Å². The standard InChI is InChI=1S/C30H33N9O/c1-31-24-16-21(17-26(40)9-6-10-37(2)3)15-22(18-24)28-27-20-32-36-29(27)35-30(34-28)33-23-7-5-8-25(19-23)39-13-11-38(4)12-14-39/h5-9,15-16,18-20H,10-14,17H2,2-4H3,(H2,32,33,34,35,36)/b9-6+. The monoisotopic (exact) mass is 535 g/mol. The molecule has 0 aliphatic carbocycles. The molecular formula is C30H33N9O. The van der Waals surface area contributed by atoms with Crippen molar-refractivity contribution in [2.24, 2.45) is 0 Å². The Morgan fingerprint density at radius 1 is 1.15 bits per heavy atom. The van der Waals surface area contributed by atoms with E-state index in [9.17, 15) is 4.79 Å². The van der Waals surface area contributed by atoms with Crippen LogP contribution in [0.1, 0.15) is 5.56 Å². The van der Waals surface area contributed by atoms with Gasteiger partial charge in [0, 0.05) is 50.5 Å². The highest BCUT2D eigenvalue weighted by Crippen LogP contribution is 2.32. The topological polar surface area (TPSA) is 97.6 Å². The van der Waals surface area contributed by atoms with Gasteiger partial charge in [-0.3, -0.25) is 9.89 Å². The minimum Gasteiger partial charge on any atom is -0.369 e. The summed E-state index contributed by atoms with van der Waals surface area (Å²) in [7, 11) is 6.05. The van der Waals surface area contributed by atoms with Crippen LogP contribution in [0.2, 0.25) is 0 Å². The Labute approximate surface area is 234 Å². The third kappa shape index (κ3) is 6.51. The molecule has 1 aliphatic rings. The van der Waals surface area contributed by atoms with Gasteiger partial charge in [0.05, 0.1) is 23.8 Å². The summed E-state index contributed by atoms with van der Waals surface area (Å²) in [4.78, 5) is 32.4. The summed E-state index contributed by atoms with van der Waals surface area (Å²) >= 11 is 0. The van der Waals surface area contributed by atoms with E-state index in [2.05, 4.69) is 54.3 Å². The molecule has 0 amide bonds. The predicted octanol–water partition coefficient (Wildman–Crippen LogP) is 4.30. The van der Waals surface area contributed by atoms with Crippen LogP contribution in [0.3, 0.4) is 0 Å². The molecule has 0 unspecified atom stereocenters. The third-order valence-corrected chi connectivity index (χ3v) is 6.81. The molecule has 0 spiro atoms. The Morgan fingerprint density at radius 3 is 2.75 bits per heavy atom. The number of hydrogen-bond donors (Lipinski definition) is 2. The molecule has 0 bridgehead atoms. The first kappa shape index (κ1) is 27.0. The summed E-state index contributed by atoms with van der Waals surface area (Å²) in [5, 5.41) is 11.2. The fourth-order valence-corrected chi connectivity index (χ4v) is 4.72. The normalized spacial score (nSPS) is 14.2. The average Bonchev–Trinajstić information content (AvgIpc) is 3.41. The van der Waals surface area contributed by atoms with Crippen LogP contribution >= 0.6 is 0 Å². The second kappa shape index (κ2) is 12.1. The second-order valence-corrected chi connectivity index (χ2v) is 10.3. The van der Waals surface area contributed by atoms with Gasteiger partial charge < -0.3 is 20.0 Å². The van der Waals surface area contributed by atoms with Crippen molar-refractivity contribution in [1.82, 2.24) is 30.0 Å². The Balaban J connectivity index is 1.44. The quantitative estimate of drug-likeness (QED) is 0.242. The summed E-state index contributed by atoms with van der Waals surface area (Å²) in [5.74, 6) is 0.397. The molecule has 1 saturated heterocycles. The molecule has 1 fully saturated rings. The summed E-state index contributed by atoms with van der Waals surface area (Å²) < 4.78 is 0. The highest BCUT2D eigenvalue weighted by Gasteiger charge is 2.16. The van der Waals surface area contributed by atoms with E-state index in [4.69, 9.17) is 11.6 Å². The number of carbonyl (C=O) groups is 1. The number of nitrogens with zero attached hydrogens (tertiary/aromatic N) is 7. The SMILES string of the molecule is [C-]#[N+]c1cc(CC(=O)/C=C/CN(C)C)cc(-c2nc(Nc3cccc(N4CCN(C)CC4)c3)nc3[nH]ncc23)c1. The second-order valence-electron chi connectivity index (χ2n) is 10.3. The number of ketones is 1. The summed E-state index contributed by atoms with van der Waals surface area (Å²) in [6.45, 7) is 12.3. The van der Waals surface area contributed by atoms with Crippen LogP contribution < -0.4 is 10.2 Å². The van der Waals surface area contributed by atoms with Gasteiger partial charge in [0.1, 0.15) is 0 Å². The zero-order valence-electron chi connectivity index (χ0n) is 23.1. The molecule has 10 heteroatoms. The molecule has 0 radical (unpaired) electrons. The van der Waals surface area contributed by atoms with Crippen molar-refractivity contribution in [3.8, 4) is 11.3 Å². The molecule has 1 aliphatic heterocycles. The molecule has 2 aromatic carbocycles. The molecule has 3 heterocycles. The summed E-state index contributed by atoms with van der Waals surface area (Å²) in [6.07, 6.45) is 5.32. The zero-order valence-corrected chi connectivity index (χ0v) is 23.1. The highest BCUT2D eigenvalue weighted by molar-refractivity contribution is 5.94. The molecular weight excluding hydrogens is 502 g/mol. The first-order valence-electron chi connectivity index (χ1n) is 13.3. The number of benzene rings is 2. The fourth-order valence-electron chi connectivity index (χ4n) is 4.72. The molecule has 0 saturated carbocycles. The maximum atomic E-state index is 12.6. The predicted molar refractivity (Wildman–Crippen MR) is 159 cm³/mol. The molecule has 10 nitrogen and oxygen atoms in total. The number of anilines is 3. The van der Waals surface area contributed by atoms with Gasteiger partial charge in [0.2, 0.25) is 5.95 Å². The van der Waals surface area contributed by atoms with Crippen molar-refractivity contribution in [1.29, 1.82) is 0 Å². The van der Waals surface area contributed by atoms with Crippen molar-refractivity contribution < 1.29 is 4.79 Å². The van der Waals surface area contributed by atoms with Crippen molar-refractivity contribution in [2.75, 3.05) is 64.1 Å². The minimum atomic E-state index is -0.0198. The Morgan fingerprint density at radius 2 is 1.98 bits per heavy atom. The molecule has 4 aromatic rings. The maximum Gasteiger partial charge on any atom is 0.229 e. The largest absolute Gasteiger partial charge is 0.369 e. The number of allylic oxidation sites excluding steroid dienone is 1. The lowest BCUT2D eigenvalue weighted by atomic mass is 10.0. The van der Waals surface area contributed by atoms with E-state index in [1.807, 2.05) is 43.3 Å².